The molecule has 1 aliphatic rings. The summed E-state index contributed by atoms with van der Waals surface area (Å²) in [5, 5.41) is 10.4. The van der Waals surface area contributed by atoms with Crippen LogP contribution in [0.1, 0.15) is 39.0 Å². The molecule has 18 heavy (non-hydrogen) atoms. The van der Waals surface area contributed by atoms with E-state index in [1.165, 1.54) is 6.42 Å². The van der Waals surface area contributed by atoms with E-state index in [9.17, 15) is 5.11 Å². The molecule has 1 N–H and O–H groups in total. The van der Waals surface area contributed by atoms with Gasteiger partial charge in [-0.1, -0.05) is 31.4 Å². The standard InChI is InChI=1S/C15H22O3/c1-2-17-13-8-4-5-9-14(13)18-12-15(16)10-6-3-7-11-15/h4-5,8-9,16H,2-3,6-7,10-12H2,1H3. The van der Waals surface area contributed by atoms with Crippen LogP contribution in [0.4, 0.5) is 0 Å². The van der Waals surface area contributed by atoms with Crippen molar-refractivity contribution in [1.82, 2.24) is 0 Å². The van der Waals surface area contributed by atoms with E-state index in [1.807, 2.05) is 31.2 Å². The Morgan fingerprint density at radius 2 is 1.67 bits per heavy atom. The summed E-state index contributed by atoms with van der Waals surface area (Å²) < 4.78 is 11.3. The Morgan fingerprint density at radius 1 is 1.06 bits per heavy atom. The molecule has 0 aromatic heterocycles. The second-order valence-electron chi connectivity index (χ2n) is 4.95. The Morgan fingerprint density at radius 3 is 2.28 bits per heavy atom. The zero-order valence-electron chi connectivity index (χ0n) is 11.0. The van der Waals surface area contributed by atoms with Crippen molar-refractivity contribution < 1.29 is 14.6 Å². The number of hydrogen-bond acceptors (Lipinski definition) is 3. The van der Waals surface area contributed by atoms with Gasteiger partial charge in [-0.25, -0.2) is 0 Å². The summed E-state index contributed by atoms with van der Waals surface area (Å²) in [5.41, 5.74) is -0.655. The van der Waals surface area contributed by atoms with Crippen LogP contribution in [0.3, 0.4) is 0 Å². The van der Waals surface area contributed by atoms with E-state index >= 15 is 0 Å². The SMILES string of the molecule is CCOc1ccccc1OCC1(O)CCCCC1. The van der Waals surface area contributed by atoms with Crippen LogP contribution in [0.15, 0.2) is 24.3 Å². The summed E-state index contributed by atoms with van der Waals surface area (Å²) in [4.78, 5) is 0. The molecular formula is C15H22O3. The lowest BCUT2D eigenvalue weighted by molar-refractivity contribution is -0.0344. The van der Waals surface area contributed by atoms with Gasteiger partial charge in [-0.05, 0) is 31.9 Å². The van der Waals surface area contributed by atoms with E-state index in [2.05, 4.69) is 0 Å². The van der Waals surface area contributed by atoms with Gasteiger partial charge in [0.05, 0.1) is 12.2 Å². The number of benzene rings is 1. The van der Waals surface area contributed by atoms with Gasteiger partial charge in [0.2, 0.25) is 0 Å². The maximum Gasteiger partial charge on any atom is 0.161 e. The monoisotopic (exact) mass is 250 g/mol. The molecule has 0 bridgehead atoms. The molecule has 1 aromatic rings. The Labute approximate surface area is 109 Å². The van der Waals surface area contributed by atoms with E-state index in [4.69, 9.17) is 9.47 Å². The third-order valence-electron chi connectivity index (χ3n) is 3.43. The molecule has 0 heterocycles. The number of ether oxygens (including phenoxy) is 2. The fourth-order valence-electron chi connectivity index (χ4n) is 2.41. The predicted octanol–water partition coefficient (Wildman–Crippen LogP) is 3.16. The van der Waals surface area contributed by atoms with Crippen LogP contribution in [0.2, 0.25) is 0 Å². The Balaban J connectivity index is 1.96. The van der Waals surface area contributed by atoms with Crippen LogP contribution >= 0.6 is 0 Å². The molecule has 1 aliphatic carbocycles. The minimum atomic E-state index is -0.655. The molecule has 0 spiro atoms. The van der Waals surface area contributed by atoms with E-state index in [-0.39, 0.29) is 0 Å². The average molecular weight is 250 g/mol. The number of para-hydroxylation sites is 2. The Bertz CT molecular complexity index is 370. The Hall–Kier alpha value is -1.22. The van der Waals surface area contributed by atoms with Crippen LogP contribution in [-0.2, 0) is 0 Å². The van der Waals surface area contributed by atoms with Crippen molar-refractivity contribution in [3.63, 3.8) is 0 Å². The molecule has 0 aliphatic heterocycles. The van der Waals surface area contributed by atoms with Crippen molar-refractivity contribution in [3.8, 4) is 11.5 Å². The quantitative estimate of drug-likeness (QED) is 0.872. The summed E-state index contributed by atoms with van der Waals surface area (Å²) in [6.07, 6.45) is 5.07. The summed E-state index contributed by atoms with van der Waals surface area (Å²) in [7, 11) is 0. The lowest BCUT2D eigenvalue weighted by Crippen LogP contribution is -2.37. The molecule has 1 aromatic carbocycles. The van der Waals surface area contributed by atoms with Crippen molar-refractivity contribution in [1.29, 1.82) is 0 Å². The molecular weight excluding hydrogens is 228 g/mol. The molecule has 2 rings (SSSR count). The predicted molar refractivity (Wildman–Crippen MR) is 71.1 cm³/mol. The molecule has 1 fully saturated rings. The van der Waals surface area contributed by atoms with Gasteiger partial charge >= 0.3 is 0 Å². The molecule has 3 heteroatoms. The van der Waals surface area contributed by atoms with E-state index < -0.39 is 5.60 Å². The van der Waals surface area contributed by atoms with E-state index in [0.29, 0.717) is 13.2 Å². The average Bonchev–Trinajstić information content (AvgIpc) is 2.39. The molecule has 0 amide bonds. The third kappa shape index (κ3) is 3.39. The normalized spacial score (nSPS) is 18.3. The Kier molecular flexibility index (Phi) is 4.48. The van der Waals surface area contributed by atoms with Gasteiger partial charge in [0.1, 0.15) is 6.61 Å². The molecule has 0 atom stereocenters. The van der Waals surface area contributed by atoms with Gasteiger partial charge < -0.3 is 14.6 Å². The van der Waals surface area contributed by atoms with Gasteiger partial charge in [0.25, 0.3) is 0 Å². The smallest absolute Gasteiger partial charge is 0.161 e. The second-order valence-corrected chi connectivity index (χ2v) is 4.95. The van der Waals surface area contributed by atoms with Crippen molar-refractivity contribution in [2.75, 3.05) is 13.2 Å². The van der Waals surface area contributed by atoms with Gasteiger partial charge in [-0.3, -0.25) is 0 Å². The van der Waals surface area contributed by atoms with Crippen molar-refractivity contribution in [2.45, 2.75) is 44.6 Å². The first-order valence-electron chi connectivity index (χ1n) is 6.80. The van der Waals surface area contributed by atoms with Gasteiger partial charge in [-0.15, -0.1) is 0 Å². The summed E-state index contributed by atoms with van der Waals surface area (Å²) in [6.45, 7) is 2.92. The van der Waals surface area contributed by atoms with Gasteiger partial charge in [-0.2, -0.15) is 0 Å². The lowest BCUT2D eigenvalue weighted by atomic mass is 9.85. The number of rotatable bonds is 5. The second kappa shape index (κ2) is 6.10. The largest absolute Gasteiger partial charge is 0.490 e. The molecule has 3 nitrogen and oxygen atoms in total. The molecule has 1 saturated carbocycles. The van der Waals surface area contributed by atoms with Crippen LogP contribution in [0, 0.1) is 0 Å². The molecule has 100 valence electrons. The summed E-state index contributed by atoms with van der Waals surface area (Å²) >= 11 is 0. The highest BCUT2D eigenvalue weighted by Gasteiger charge is 2.30. The third-order valence-corrected chi connectivity index (χ3v) is 3.43. The maximum atomic E-state index is 10.4. The van der Waals surface area contributed by atoms with Crippen molar-refractivity contribution in [3.05, 3.63) is 24.3 Å². The first-order valence-corrected chi connectivity index (χ1v) is 6.80. The van der Waals surface area contributed by atoms with Crippen LogP contribution in [0.25, 0.3) is 0 Å². The highest BCUT2D eigenvalue weighted by Crippen LogP contribution is 2.31. The van der Waals surface area contributed by atoms with Crippen LogP contribution < -0.4 is 9.47 Å². The first kappa shape index (κ1) is 13.2. The maximum absolute atomic E-state index is 10.4. The number of hydrogen-bond donors (Lipinski definition) is 1. The molecule has 0 saturated heterocycles. The van der Waals surface area contributed by atoms with Crippen LogP contribution in [0.5, 0.6) is 11.5 Å². The van der Waals surface area contributed by atoms with Gasteiger partial charge in [0.15, 0.2) is 11.5 Å². The molecule has 0 radical (unpaired) electrons. The van der Waals surface area contributed by atoms with Gasteiger partial charge in [0, 0.05) is 0 Å². The zero-order valence-corrected chi connectivity index (χ0v) is 11.0. The van der Waals surface area contributed by atoms with E-state index in [1.54, 1.807) is 0 Å². The lowest BCUT2D eigenvalue weighted by Gasteiger charge is -2.31. The van der Waals surface area contributed by atoms with Crippen molar-refractivity contribution in [2.24, 2.45) is 0 Å². The number of aliphatic hydroxyl groups is 1. The fraction of sp³-hybridized carbons (Fsp3) is 0.600. The fourth-order valence-corrected chi connectivity index (χ4v) is 2.41. The zero-order chi connectivity index (χ0) is 12.8. The minimum Gasteiger partial charge on any atom is -0.490 e. The summed E-state index contributed by atoms with van der Waals surface area (Å²) in [5.74, 6) is 1.47. The minimum absolute atomic E-state index is 0.358. The summed E-state index contributed by atoms with van der Waals surface area (Å²) in [6, 6.07) is 7.62. The topological polar surface area (TPSA) is 38.7 Å². The molecule has 0 unspecified atom stereocenters. The highest BCUT2D eigenvalue weighted by atomic mass is 16.5. The first-order chi connectivity index (χ1) is 8.73. The van der Waals surface area contributed by atoms with Crippen molar-refractivity contribution >= 4 is 0 Å². The van der Waals surface area contributed by atoms with E-state index in [0.717, 1.165) is 37.2 Å². The highest BCUT2D eigenvalue weighted by molar-refractivity contribution is 5.39. The van der Waals surface area contributed by atoms with Crippen LogP contribution in [-0.4, -0.2) is 23.9 Å².